The van der Waals surface area contributed by atoms with Crippen molar-refractivity contribution < 1.29 is 18.4 Å². The molecule has 2 rings (SSSR count). The van der Waals surface area contributed by atoms with E-state index in [-0.39, 0.29) is 5.57 Å². The van der Waals surface area contributed by atoms with E-state index in [0.29, 0.717) is 25.0 Å². The van der Waals surface area contributed by atoms with E-state index in [1.54, 1.807) is 6.92 Å². The summed E-state index contributed by atoms with van der Waals surface area (Å²) in [7, 11) is -3.74. The molecule has 0 heterocycles. The fourth-order valence-corrected chi connectivity index (χ4v) is 5.09. The highest BCUT2D eigenvalue weighted by Gasteiger charge is 2.37. The highest BCUT2D eigenvalue weighted by atomic mass is 31.2. The van der Waals surface area contributed by atoms with E-state index in [2.05, 4.69) is 6.58 Å². The van der Waals surface area contributed by atoms with Gasteiger partial charge in [0.05, 0.1) is 13.2 Å². The summed E-state index contributed by atoms with van der Waals surface area (Å²) in [6.45, 7) is 5.93. The highest BCUT2D eigenvalue weighted by molar-refractivity contribution is 7.72. The lowest BCUT2D eigenvalue weighted by Gasteiger charge is -2.26. The molecule has 132 valence electrons. The Balaban J connectivity index is 1.91. The van der Waals surface area contributed by atoms with Crippen molar-refractivity contribution in [1.29, 1.82) is 0 Å². The lowest BCUT2D eigenvalue weighted by molar-refractivity contribution is -0.110. The molecular weight excluding hydrogens is 311 g/mol. The van der Waals surface area contributed by atoms with E-state index in [1.165, 1.54) is 38.5 Å². The number of hydrogen-bond acceptors (Lipinski definition) is 4. The van der Waals surface area contributed by atoms with Crippen molar-refractivity contribution >= 4 is 13.1 Å². The quantitative estimate of drug-likeness (QED) is 0.433. The van der Waals surface area contributed by atoms with Gasteiger partial charge in [0.1, 0.15) is 0 Å². The zero-order valence-electron chi connectivity index (χ0n) is 14.4. The Hall–Kier alpha value is -0.440. The van der Waals surface area contributed by atoms with Crippen molar-refractivity contribution in [2.24, 2.45) is 11.8 Å². The second-order valence-corrected chi connectivity index (χ2v) is 9.10. The summed E-state index contributed by atoms with van der Waals surface area (Å²) in [4.78, 5) is 12.3. The van der Waals surface area contributed by atoms with Gasteiger partial charge in [0.15, 0.2) is 0 Å². The number of rotatable bonds is 8. The van der Waals surface area contributed by atoms with Crippen LogP contribution in [-0.4, -0.2) is 18.7 Å². The molecule has 0 amide bonds. The second-order valence-electron chi connectivity index (χ2n) is 7.18. The minimum atomic E-state index is -3.74. The maximum absolute atomic E-state index is 13.0. The first kappa shape index (κ1) is 18.9. The topological polar surface area (TPSA) is 52.6 Å². The van der Waals surface area contributed by atoms with Crippen LogP contribution in [0.4, 0.5) is 0 Å². The summed E-state index contributed by atoms with van der Waals surface area (Å²) in [5.74, 6) is 0.793. The van der Waals surface area contributed by atoms with Crippen LogP contribution in [0.2, 0.25) is 0 Å². The minimum absolute atomic E-state index is 0.251. The predicted molar refractivity (Wildman–Crippen MR) is 92.5 cm³/mol. The van der Waals surface area contributed by atoms with E-state index in [4.69, 9.17) is 9.05 Å². The maximum Gasteiger partial charge on any atom is 0.401 e. The molecule has 2 aliphatic carbocycles. The molecule has 0 N–H and O–H groups in total. The Kier molecular flexibility index (Phi) is 7.52. The summed E-state index contributed by atoms with van der Waals surface area (Å²) in [6.07, 6.45) is 11.6. The van der Waals surface area contributed by atoms with Gasteiger partial charge in [-0.15, -0.1) is 0 Å². The third-order valence-electron chi connectivity index (χ3n) is 5.02. The molecule has 23 heavy (non-hydrogen) atoms. The molecule has 0 bridgehead atoms. The number of carbonyl (C=O) groups is 1. The Labute approximate surface area is 140 Å². The van der Waals surface area contributed by atoms with Gasteiger partial charge < -0.3 is 9.05 Å². The largest absolute Gasteiger partial charge is 0.401 e. The van der Waals surface area contributed by atoms with E-state index >= 15 is 0 Å². The molecule has 2 fully saturated rings. The molecular formula is C18H31O4P. The Morgan fingerprint density at radius 2 is 1.30 bits per heavy atom. The van der Waals surface area contributed by atoms with Crippen LogP contribution in [-0.2, 0) is 18.4 Å². The third-order valence-corrected chi connectivity index (χ3v) is 6.88. The minimum Gasteiger partial charge on any atom is -0.303 e. The lowest BCUT2D eigenvalue weighted by atomic mass is 9.90. The molecule has 5 heteroatoms. The van der Waals surface area contributed by atoms with Crippen LogP contribution in [0.25, 0.3) is 0 Å². The summed E-state index contributed by atoms with van der Waals surface area (Å²) >= 11 is 0. The van der Waals surface area contributed by atoms with Gasteiger partial charge in [-0.1, -0.05) is 45.1 Å². The molecule has 2 aliphatic rings. The maximum atomic E-state index is 13.0. The van der Waals surface area contributed by atoms with Crippen molar-refractivity contribution in [2.45, 2.75) is 71.1 Å². The fraction of sp³-hybridized carbons (Fsp3) is 0.833. The molecule has 0 aliphatic heterocycles. The van der Waals surface area contributed by atoms with Crippen LogP contribution < -0.4 is 0 Å². The molecule has 0 spiro atoms. The van der Waals surface area contributed by atoms with Gasteiger partial charge in [0, 0.05) is 0 Å². The van der Waals surface area contributed by atoms with Crippen LogP contribution >= 0.6 is 7.60 Å². The molecule has 0 unspecified atom stereocenters. The van der Waals surface area contributed by atoms with Crippen molar-refractivity contribution in [3.05, 3.63) is 12.2 Å². The van der Waals surface area contributed by atoms with E-state index in [0.717, 1.165) is 25.7 Å². The van der Waals surface area contributed by atoms with Crippen LogP contribution in [0.1, 0.15) is 71.1 Å². The van der Waals surface area contributed by atoms with Gasteiger partial charge in [-0.3, -0.25) is 9.36 Å². The van der Waals surface area contributed by atoms with Crippen molar-refractivity contribution in [2.75, 3.05) is 13.2 Å². The molecule has 0 aromatic carbocycles. The standard InChI is InChI=1S/C18H31O4P/c1-15(2)18(19)23(20,21-13-16-9-5-3-6-10-16)22-14-17-11-7-4-8-12-17/h16-17H,1,3-14H2,2H3. The normalized spacial score (nSPS) is 21.3. The molecule has 0 radical (unpaired) electrons. The predicted octanol–water partition coefficient (Wildman–Crippen LogP) is 5.48. The number of carbonyl (C=O) groups excluding carboxylic acids is 1. The molecule has 2 saturated carbocycles. The van der Waals surface area contributed by atoms with Gasteiger partial charge in [-0.05, 0) is 50.0 Å². The Bertz CT molecular complexity index is 422. The molecule has 0 aromatic rings. The zero-order valence-corrected chi connectivity index (χ0v) is 15.3. The van der Waals surface area contributed by atoms with E-state index in [9.17, 15) is 9.36 Å². The summed E-state index contributed by atoms with van der Waals surface area (Å²) in [5.41, 5.74) is -0.301. The SMILES string of the molecule is C=C(C)C(=O)P(=O)(OCC1CCCCC1)OCC1CCCCC1. The smallest absolute Gasteiger partial charge is 0.303 e. The van der Waals surface area contributed by atoms with E-state index in [1.807, 2.05) is 0 Å². The van der Waals surface area contributed by atoms with Crippen LogP contribution in [0.3, 0.4) is 0 Å². The first-order valence-corrected chi connectivity index (χ1v) is 10.6. The number of hydrogen-bond donors (Lipinski definition) is 0. The van der Waals surface area contributed by atoms with Crippen molar-refractivity contribution in [1.82, 2.24) is 0 Å². The second kappa shape index (κ2) is 9.15. The van der Waals surface area contributed by atoms with Crippen LogP contribution in [0.15, 0.2) is 12.2 Å². The average molecular weight is 342 g/mol. The first-order chi connectivity index (χ1) is 11.0. The summed E-state index contributed by atoms with van der Waals surface area (Å²) in [5, 5.41) is 0. The van der Waals surface area contributed by atoms with Gasteiger partial charge in [0.2, 0.25) is 0 Å². The Morgan fingerprint density at radius 3 is 1.65 bits per heavy atom. The fourth-order valence-electron chi connectivity index (χ4n) is 3.50. The van der Waals surface area contributed by atoms with Crippen molar-refractivity contribution in [3.8, 4) is 0 Å². The Morgan fingerprint density at radius 1 is 0.913 bits per heavy atom. The zero-order chi connectivity index (χ0) is 16.7. The molecule has 0 aromatic heterocycles. The van der Waals surface area contributed by atoms with E-state index < -0.39 is 13.1 Å². The van der Waals surface area contributed by atoms with Crippen LogP contribution in [0.5, 0.6) is 0 Å². The molecule has 0 atom stereocenters. The molecule has 0 saturated heterocycles. The molecule has 4 nitrogen and oxygen atoms in total. The first-order valence-electron chi connectivity index (χ1n) is 9.11. The summed E-state index contributed by atoms with van der Waals surface area (Å²) in [6, 6.07) is 0. The van der Waals surface area contributed by atoms with Crippen molar-refractivity contribution in [3.63, 3.8) is 0 Å². The van der Waals surface area contributed by atoms with Gasteiger partial charge in [-0.25, -0.2) is 0 Å². The summed E-state index contributed by atoms with van der Waals surface area (Å²) < 4.78 is 24.2. The third kappa shape index (κ3) is 5.85. The number of allylic oxidation sites excluding steroid dienone is 1. The van der Waals surface area contributed by atoms with Crippen LogP contribution in [0, 0.1) is 11.8 Å². The highest BCUT2D eigenvalue weighted by Crippen LogP contribution is 2.52. The van der Waals surface area contributed by atoms with Gasteiger partial charge in [-0.2, -0.15) is 0 Å². The van der Waals surface area contributed by atoms with Gasteiger partial charge in [0.25, 0.3) is 5.52 Å². The average Bonchev–Trinajstić information content (AvgIpc) is 2.59. The lowest BCUT2D eigenvalue weighted by Crippen LogP contribution is -2.18. The van der Waals surface area contributed by atoms with Gasteiger partial charge >= 0.3 is 7.60 Å². The monoisotopic (exact) mass is 342 g/mol.